The largest absolute Gasteiger partial charge is 0.369 e. The summed E-state index contributed by atoms with van der Waals surface area (Å²) >= 11 is 0. The number of nitrogens with zero attached hydrogens (tertiary/aromatic N) is 4. The summed E-state index contributed by atoms with van der Waals surface area (Å²) in [6.07, 6.45) is 5.89. The van der Waals surface area contributed by atoms with Crippen molar-refractivity contribution in [2.24, 2.45) is 11.3 Å². The molecule has 0 bridgehead atoms. The molecule has 1 saturated heterocycles. The molecule has 0 spiro atoms. The van der Waals surface area contributed by atoms with Gasteiger partial charge in [0, 0.05) is 62.9 Å². The van der Waals surface area contributed by atoms with Gasteiger partial charge in [-0.1, -0.05) is 37.2 Å². The third kappa shape index (κ3) is 5.12. The van der Waals surface area contributed by atoms with Gasteiger partial charge in [-0.05, 0) is 54.0 Å². The van der Waals surface area contributed by atoms with Gasteiger partial charge in [0.05, 0.1) is 12.2 Å². The Bertz CT molecular complexity index is 1010. The van der Waals surface area contributed by atoms with Crippen molar-refractivity contribution >= 4 is 5.69 Å². The summed E-state index contributed by atoms with van der Waals surface area (Å²) in [6, 6.07) is 17.6. The molecule has 174 valence electrons. The second-order valence-electron chi connectivity index (χ2n) is 10.1. The summed E-state index contributed by atoms with van der Waals surface area (Å²) in [6.45, 7) is 10.7. The summed E-state index contributed by atoms with van der Waals surface area (Å²) in [5, 5.41) is 8.14. The highest BCUT2D eigenvalue weighted by Gasteiger charge is 2.47. The molecule has 3 heterocycles. The Morgan fingerprint density at radius 1 is 1.03 bits per heavy atom. The molecule has 2 aromatic heterocycles. The first kappa shape index (κ1) is 22.1. The predicted molar refractivity (Wildman–Crippen MR) is 131 cm³/mol. The van der Waals surface area contributed by atoms with Gasteiger partial charge in [-0.15, -0.1) is 0 Å². The maximum Gasteiger partial charge on any atom is 0.150 e. The molecule has 0 radical (unpaired) electrons. The van der Waals surface area contributed by atoms with E-state index in [-0.39, 0.29) is 5.41 Å². The van der Waals surface area contributed by atoms with Crippen molar-refractivity contribution in [2.75, 3.05) is 31.1 Å². The van der Waals surface area contributed by atoms with E-state index in [2.05, 4.69) is 87.6 Å². The fraction of sp³-hybridized carbons (Fsp3) is 0.481. The van der Waals surface area contributed by atoms with Crippen molar-refractivity contribution in [3.05, 3.63) is 77.9 Å². The van der Waals surface area contributed by atoms with Crippen molar-refractivity contribution in [2.45, 2.75) is 45.8 Å². The molecule has 1 N–H and O–H groups in total. The quantitative estimate of drug-likeness (QED) is 0.562. The van der Waals surface area contributed by atoms with Gasteiger partial charge < -0.3 is 14.7 Å². The maximum atomic E-state index is 5.72. The van der Waals surface area contributed by atoms with Gasteiger partial charge in [0.1, 0.15) is 0 Å². The molecule has 1 aromatic carbocycles. The van der Waals surface area contributed by atoms with Crippen LogP contribution in [0.5, 0.6) is 0 Å². The van der Waals surface area contributed by atoms with Crippen LogP contribution in [0.2, 0.25) is 0 Å². The highest BCUT2D eigenvalue weighted by atomic mass is 16.5. The average Bonchev–Trinajstić information content (AvgIpc) is 3.29. The van der Waals surface area contributed by atoms with Crippen molar-refractivity contribution in [3.8, 4) is 0 Å². The van der Waals surface area contributed by atoms with Crippen LogP contribution < -0.4 is 10.2 Å². The molecule has 1 saturated carbocycles. The number of hydrogen-bond donors (Lipinski definition) is 1. The summed E-state index contributed by atoms with van der Waals surface area (Å²) in [4.78, 5) is 9.03. The van der Waals surface area contributed by atoms with Crippen molar-refractivity contribution in [3.63, 3.8) is 0 Å². The Morgan fingerprint density at radius 3 is 2.52 bits per heavy atom. The van der Waals surface area contributed by atoms with Crippen LogP contribution in [0.25, 0.3) is 0 Å². The molecule has 5 rings (SSSR count). The number of para-hydroxylation sites is 1. The lowest BCUT2D eigenvalue weighted by atomic mass is 9.57. The van der Waals surface area contributed by atoms with Gasteiger partial charge in [-0.2, -0.15) is 0 Å². The molecule has 3 aromatic rings. The van der Waals surface area contributed by atoms with E-state index >= 15 is 0 Å². The Kier molecular flexibility index (Phi) is 6.47. The van der Waals surface area contributed by atoms with Crippen LogP contribution in [-0.2, 0) is 19.5 Å². The second-order valence-corrected chi connectivity index (χ2v) is 10.1. The van der Waals surface area contributed by atoms with E-state index in [0.29, 0.717) is 12.0 Å². The molecule has 1 aliphatic carbocycles. The molecule has 2 aliphatic rings. The zero-order valence-electron chi connectivity index (χ0n) is 19.8. The molecule has 33 heavy (non-hydrogen) atoms. The fourth-order valence-electron chi connectivity index (χ4n) is 5.25. The molecule has 2 fully saturated rings. The Morgan fingerprint density at radius 2 is 1.79 bits per heavy atom. The van der Waals surface area contributed by atoms with Gasteiger partial charge in [0.15, 0.2) is 5.76 Å². The number of benzene rings is 1. The summed E-state index contributed by atoms with van der Waals surface area (Å²) < 4.78 is 5.72. The molecule has 2 unspecified atom stereocenters. The molecule has 1 aliphatic heterocycles. The van der Waals surface area contributed by atoms with Crippen LogP contribution in [0.15, 0.2) is 65.4 Å². The SMILES string of the molecule is CC1(C)C(Cc2cc(CN3CCN(c4ccccc4)CC3)on2)CC1NCc1ccncc1. The van der Waals surface area contributed by atoms with E-state index in [1.54, 1.807) is 0 Å². The zero-order chi connectivity index (χ0) is 22.7. The highest BCUT2D eigenvalue weighted by molar-refractivity contribution is 5.46. The van der Waals surface area contributed by atoms with E-state index in [4.69, 9.17) is 4.52 Å². The number of nitrogens with one attached hydrogen (secondary N) is 1. The molecule has 6 nitrogen and oxygen atoms in total. The predicted octanol–water partition coefficient (Wildman–Crippen LogP) is 4.14. The monoisotopic (exact) mass is 445 g/mol. The van der Waals surface area contributed by atoms with Crippen molar-refractivity contribution in [1.29, 1.82) is 0 Å². The smallest absolute Gasteiger partial charge is 0.150 e. The lowest BCUT2D eigenvalue weighted by Crippen LogP contribution is -2.57. The fourth-order valence-corrected chi connectivity index (χ4v) is 5.25. The topological polar surface area (TPSA) is 57.4 Å². The lowest BCUT2D eigenvalue weighted by Gasteiger charge is -2.52. The van der Waals surface area contributed by atoms with Crippen molar-refractivity contribution in [1.82, 2.24) is 20.4 Å². The minimum absolute atomic E-state index is 0.250. The first-order valence-electron chi connectivity index (χ1n) is 12.2. The molecule has 2 atom stereocenters. The Balaban J connectivity index is 1.08. The van der Waals surface area contributed by atoms with E-state index < -0.39 is 0 Å². The third-order valence-corrected chi connectivity index (χ3v) is 7.71. The number of piperazine rings is 1. The van der Waals surface area contributed by atoms with Gasteiger partial charge in [0.25, 0.3) is 0 Å². The van der Waals surface area contributed by atoms with E-state index in [9.17, 15) is 0 Å². The van der Waals surface area contributed by atoms with Crippen LogP contribution in [0.4, 0.5) is 5.69 Å². The van der Waals surface area contributed by atoms with Gasteiger partial charge in [-0.25, -0.2) is 0 Å². The molecular formula is C27H35N5O. The van der Waals surface area contributed by atoms with E-state index in [1.807, 2.05) is 12.4 Å². The van der Waals surface area contributed by atoms with Crippen LogP contribution >= 0.6 is 0 Å². The lowest BCUT2D eigenvalue weighted by molar-refractivity contribution is 0.0125. The first-order chi connectivity index (χ1) is 16.1. The standard InChI is InChI=1S/C27H35N5O/c1-27(2)22(17-26(27)29-19-21-8-10-28-11-9-21)16-23-18-25(33-30-23)20-31-12-14-32(15-13-31)24-6-4-3-5-7-24/h3-11,18,22,26,29H,12-17,19-20H2,1-2H3. The van der Waals surface area contributed by atoms with Crippen LogP contribution in [-0.4, -0.2) is 47.3 Å². The van der Waals surface area contributed by atoms with Crippen LogP contribution in [0.3, 0.4) is 0 Å². The first-order valence-corrected chi connectivity index (χ1v) is 12.2. The number of pyridine rings is 1. The summed E-state index contributed by atoms with van der Waals surface area (Å²) in [5.41, 5.74) is 3.95. The number of aromatic nitrogens is 2. The third-order valence-electron chi connectivity index (χ3n) is 7.71. The normalized spacial score (nSPS) is 22.8. The minimum Gasteiger partial charge on any atom is -0.369 e. The number of hydrogen-bond acceptors (Lipinski definition) is 6. The summed E-state index contributed by atoms with van der Waals surface area (Å²) in [5.74, 6) is 1.61. The zero-order valence-corrected chi connectivity index (χ0v) is 19.8. The van der Waals surface area contributed by atoms with E-state index in [0.717, 1.165) is 57.1 Å². The van der Waals surface area contributed by atoms with Crippen LogP contribution in [0, 0.1) is 11.3 Å². The Labute approximate surface area is 197 Å². The number of rotatable bonds is 8. The molecule has 6 heteroatoms. The van der Waals surface area contributed by atoms with Crippen molar-refractivity contribution < 1.29 is 4.52 Å². The van der Waals surface area contributed by atoms with E-state index in [1.165, 1.54) is 17.7 Å². The van der Waals surface area contributed by atoms with Gasteiger partial charge >= 0.3 is 0 Å². The van der Waals surface area contributed by atoms with Crippen LogP contribution in [0.1, 0.15) is 37.3 Å². The highest BCUT2D eigenvalue weighted by Crippen LogP contribution is 2.47. The summed E-state index contributed by atoms with van der Waals surface area (Å²) in [7, 11) is 0. The van der Waals surface area contributed by atoms with Gasteiger partial charge in [-0.3, -0.25) is 9.88 Å². The molecular weight excluding hydrogens is 410 g/mol. The van der Waals surface area contributed by atoms with Gasteiger partial charge in [0.2, 0.25) is 0 Å². The Hall–Kier alpha value is -2.70. The number of anilines is 1. The molecule has 0 amide bonds. The second kappa shape index (κ2) is 9.65. The minimum atomic E-state index is 0.250. The maximum absolute atomic E-state index is 5.72. The average molecular weight is 446 g/mol.